The van der Waals surface area contributed by atoms with Gasteiger partial charge in [-0.15, -0.1) is 0 Å². The van der Waals surface area contributed by atoms with Crippen LogP contribution in [0.3, 0.4) is 0 Å². The average Bonchev–Trinajstić information content (AvgIpc) is 2.94. The number of thiazole rings is 1. The summed E-state index contributed by atoms with van der Waals surface area (Å²) in [5, 5.41) is 12.8. The van der Waals surface area contributed by atoms with Crippen molar-refractivity contribution in [3.05, 3.63) is 34.6 Å². The van der Waals surface area contributed by atoms with Gasteiger partial charge < -0.3 is 20.1 Å². The van der Waals surface area contributed by atoms with Crippen LogP contribution in [0.15, 0.2) is 34.2 Å². The molecule has 3 N–H and O–H groups in total. The Morgan fingerprint density at radius 3 is 3.00 bits per heavy atom. The first-order valence-corrected chi connectivity index (χ1v) is 9.01. The molecule has 25 heavy (non-hydrogen) atoms. The zero-order valence-electron chi connectivity index (χ0n) is 13.1. The van der Waals surface area contributed by atoms with E-state index in [0.29, 0.717) is 10.9 Å². The number of carbonyl (C=O) groups excluding carboxylic acids is 1. The minimum atomic E-state index is -0.440. The minimum absolute atomic E-state index is 0.193. The number of carbonyl (C=O) groups is 1. The maximum absolute atomic E-state index is 12.0. The first kappa shape index (κ1) is 17.2. The van der Waals surface area contributed by atoms with E-state index in [2.05, 4.69) is 20.3 Å². The SMILES string of the molecule is COc1ccc2nc(NC(=O)CCSc3nc(O)cc(=O)[nH]3)sc2c1. The van der Waals surface area contributed by atoms with Gasteiger partial charge in [-0.05, 0) is 18.2 Å². The van der Waals surface area contributed by atoms with E-state index in [0.717, 1.165) is 22.0 Å². The molecule has 130 valence electrons. The molecule has 0 spiro atoms. The topological polar surface area (TPSA) is 117 Å². The zero-order chi connectivity index (χ0) is 17.8. The molecule has 1 aromatic carbocycles. The summed E-state index contributed by atoms with van der Waals surface area (Å²) in [7, 11) is 1.59. The third-order valence-electron chi connectivity index (χ3n) is 3.12. The van der Waals surface area contributed by atoms with E-state index in [9.17, 15) is 14.7 Å². The van der Waals surface area contributed by atoms with E-state index >= 15 is 0 Å². The number of rotatable bonds is 6. The van der Waals surface area contributed by atoms with Crippen molar-refractivity contribution in [2.24, 2.45) is 0 Å². The quantitative estimate of drug-likeness (QED) is 0.445. The van der Waals surface area contributed by atoms with Gasteiger partial charge in [-0.25, -0.2) is 4.98 Å². The Morgan fingerprint density at radius 2 is 2.24 bits per heavy atom. The molecule has 0 unspecified atom stereocenters. The molecule has 1 amide bonds. The fraction of sp³-hybridized carbons (Fsp3) is 0.200. The molecule has 8 nitrogen and oxygen atoms in total. The van der Waals surface area contributed by atoms with E-state index in [1.807, 2.05) is 18.2 Å². The number of anilines is 1. The van der Waals surface area contributed by atoms with Crippen molar-refractivity contribution >= 4 is 44.4 Å². The summed E-state index contributed by atoms with van der Waals surface area (Å²) in [6.45, 7) is 0. The first-order chi connectivity index (χ1) is 12.0. The Bertz CT molecular complexity index is 970. The number of hydrogen-bond acceptors (Lipinski definition) is 8. The maximum Gasteiger partial charge on any atom is 0.255 e. The molecule has 3 aromatic rings. The number of hydrogen-bond donors (Lipinski definition) is 3. The van der Waals surface area contributed by atoms with Crippen LogP contribution in [0.4, 0.5) is 5.13 Å². The number of nitrogens with zero attached hydrogens (tertiary/aromatic N) is 2. The van der Waals surface area contributed by atoms with Gasteiger partial charge in [0.15, 0.2) is 10.3 Å². The van der Waals surface area contributed by atoms with Crippen LogP contribution in [-0.4, -0.2) is 38.8 Å². The Hall–Kier alpha value is -2.59. The van der Waals surface area contributed by atoms with Crippen LogP contribution < -0.4 is 15.6 Å². The van der Waals surface area contributed by atoms with Gasteiger partial charge in [0.05, 0.1) is 23.4 Å². The van der Waals surface area contributed by atoms with Crippen molar-refractivity contribution in [2.45, 2.75) is 11.6 Å². The van der Waals surface area contributed by atoms with Gasteiger partial charge in [0.1, 0.15) is 5.75 Å². The molecule has 0 atom stereocenters. The lowest BCUT2D eigenvalue weighted by Crippen LogP contribution is -2.12. The highest BCUT2D eigenvalue weighted by Gasteiger charge is 2.09. The molecular formula is C15H14N4O4S2. The number of aromatic nitrogens is 3. The van der Waals surface area contributed by atoms with Gasteiger partial charge in [0.2, 0.25) is 11.8 Å². The maximum atomic E-state index is 12.0. The smallest absolute Gasteiger partial charge is 0.255 e. The Morgan fingerprint density at radius 1 is 1.40 bits per heavy atom. The third-order valence-corrected chi connectivity index (χ3v) is 4.92. The fourth-order valence-corrected chi connectivity index (χ4v) is 3.72. The highest BCUT2D eigenvalue weighted by molar-refractivity contribution is 7.99. The van der Waals surface area contributed by atoms with Crippen LogP contribution in [0.2, 0.25) is 0 Å². The van der Waals surface area contributed by atoms with E-state index in [1.54, 1.807) is 7.11 Å². The van der Waals surface area contributed by atoms with Crippen molar-refractivity contribution in [2.75, 3.05) is 18.2 Å². The Labute approximate surface area is 150 Å². The monoisotopic (exact) mass is 378 g/mol. The number of H-pyrrole nitrogens is 1. The van der Waals surface area contributed by atoms with Crippen LogP contribution in [0.1, 0.15) is 6.42 Å². The van der Waals surface area contributed by atoms with Crippen LogP contribution >= 0.6 is 23.1 Å². The lowest BCUT2D eigenvalue weighted by Gasteiger charge is -2.02. The van der Waals surface area contributed by atoms with Gasteiger partial charge in [-0.2, -0.15) is 4.98 Å². The van der Waals surface area contributed by atoms with Crippen molar-refractivity contribution < 1.29 is 14.6 Å². The number of aromatic amines is 1. The van der Waals surface area contributed by atoms with Crippen molar-refractivity contribution in [1.82, 2.24) is 15.0 Å². The van der Waals surface area contributed by atoms with Crippen LogP contribution in [0.25, 0.3) is 10.2 Å². The number of ether oxygens (including phenoxy) is 1. The molecule has 0 fully saturated rings. The van der Waals surface area contributed by atoms with Gasteiger partial charge in [0, 0.05) is 12.2 Å². The van der Waals surface area contributed by atoms with Crippen molar-refractivity contribution in [3.8, 4) is 11.6 Å². The number of amides is 1. The van der Waals surface area contributed by atoms with Crippen LogP contribution in [0, 0.1) is 0 Å². The molecule has 2 heterocycles. The number of aromatic hydroxyl groups is 1. The molecular weight excluding hydrogens is 364 g/mol. The first-order valence-electron chi connectivity index (χ1n) is 7.21. The third kappa shape index (κ3) is 4.48. The second-order valence-electron chi connectivity index (χ2n) is 4.91. The molecule has 0 saturated heterocycles. The number of thioether (sulfide) groups is 1. The van der Waals surface area contributed by atoms with Gasteiger partial charge in [0.25, 0.3) is 5.56 Å². The molecule has 3 rings (SSSR count). The lowest BCUT2D eigenvalue weighted by molar-refractivity contribution is -0.115. The van der Waals surface area contributed by atoms with E-state index < -0.39 is 5.56 Å². The standard InChI is InChI=1S/C15H14N4O4S2/c1-23-8-2-3-9-10(6-8)25-15(16-9)17-11(20)4-5-24-14-18-12(21)7-13(22)19-14/h2-3,6-7H,4-5H2,1H3,(H,16,17,20)(H2,18,19,21,22). The van der Waals surface area contributed by atoms with Gasteiger partial charge in [-0.3, -0.25) is 9.59 Å². The predicted octanol–water partition coefficient (Wildman–Crippen LogP) is 2.21. The van der Waals surface area contributed by atoms with Crippen LogP contribution in [-0.2, 0) is 4.79 Å². The lowest BCUT2D eigenvalue weighted by atomic mass is 10.3. The number of nitrogens with one attached hydrogen (secondary N) is 2. The molecule has 0 radical (unpaired) electrons. The summed E-state index contributed by atoms with van der Waals surface area (Å²) >= 11 is 2.54. The summed E-state index contributed by atoms with van der Waals surface area (Å²) < 4.78 is 6.09. The van der Waals surface area contributed by atoms with Crippen molar-refractivity contribution in [1.29, 1.82) is 0 Å². The summed E-state index contributed by atoms with van der Waals surface area (Å²) in [6, 6.07) is 6.49. The molecule has 0 bridgehead atoms. The molecule has 0 aliphatic carbocycles. The Kier molecular flexibility index (Phi) is 5.19. The molecule has 0 aliphatic rings. The molecule has 10 heteroatoms. The Balaban J connectivity index is 1.56. The number of fused-ring (bicyclic) bond motifs is 1. The van der Waals surface area contributed by atoms with Crippen molar-refractivity contribution in [3.63, 3.8) is 0 Å². The highest BCUT2D eigenvalue weighted by atomic mass is 32.2. The van der Waals surface area contributed by atoms with Gasteiger partial charge >= 0.3 is 0 Å². The van der Waals surface area contributed by atoms with Gasteiger partial charge in [-0.1, -0.05) is 23.1 Å². The fourth-order valence-electron chi connectivity index (χ4n) is 2.00. The minimum Gasteiger partial charge on any atom is -0.497 e. The zero-order valence-corrected chi connectivity index (χ0v) is 14.7. The average molecular weight is 378 g/mol. The number of methoxy groups -OCH3 is 1. The van der Waals surface area contributed by atoms with Crippen LogP contribution in [0.5, 0.6) is 11.6 Å². The summed E-state index contributed by atoms with van der Waals surface area (Å²) in [5.41, 5.74) is 0.348. The molecule has 0 aliphatic heterocycles. The van der Waals surface area contributed by atoms with E-state index in [4.69, 9.17) is 4.74 Å². The normalized spacial score (nSPS) is 10.8. The second-order valence-corrected chi connectivity index (χ2v) is 7.02. The highest BCUT2D eigenvalue weighted by Crippen LogP contribution is 2.29. The molecule has 0 saturated carbocycles. The largest absolute Gasteiger partial charge is 0.497 e. The summed E-state index contributed by atoms with van der Waals surface area (Å²) in [6.07, 6.45) is 0.212. The van der Waals surface area contributed by atoms with E-state index in [1.165, 1.54) is 23.1 Å². The summed E-state index contributed by atoms with van der Waals surface area (Å²) in [4.78, 5) is 33.8. The second kappa shape index (κ2) is 7.53. The molecule has 2 aromatic heterocycles. The summed E-state index contributed by atoms with van der Waals surface area (Å²) in [5.74, 6) is 0.594. The van der Waals surface area contributed by atoms with E-state index in [-0.39, 0.29) is 23.4 Å². The predicted molar refractivity (Wildman–Crippen MR) is 96.7 cm³/mol. The number of benzene rings is 1.